The molecule has 2 N–H and O–H groups in total. The zero-order valence-electron chi connectivity index (χ0n) is 13.7. The molecule has 6 nitrogen and oxygen atoms in total. The van der Waals surface area contributed by atoms with Gasteiger partial charge >= 0.3 is 0 Å². The number of aryl methyl sites for hydroxylation is 1. The lowest BCUT2D eigenvalue weighted by Crippen LogP contribution is -2.23. The number of thiazole rings is 1. The van der Waals surface area contributed by atoms with Gasteiger partial charge in [-0.15, -0.1) is 0 Å². The average molecular weight is 375 g/mol. The van der Waals surface area contributed by atoms with Gasteiger partial charge in [-0.05, 0) is 48.9 Å². The number of carbonyl (C=O) groups is 1. The van der Waals surface area contributed by atoms with E-state index in [1.54, 1.807) is 6.92 Å². The standard InChI is InChI=1S/C17H17N3O3S2/c1-3-18-25(22,23)13-7-5-12(6-8-13)16(21)20-17-19-14-9-4-11(2)10-15(14)24-17/h4-10,18H,3H2,1-2H3,(H,19,20,21). The van der Waals surface area contributed by atoms with Crippen LogP contribution in [0, 0.1) is 6.92 Å². The van der Waals surface area contributed by atoms with Crippen LogP contribution in [-0.4, -0.2) is 25.9 Å². The van der Waals surface area contributed by atoms with Crippen molar-refractivity contribution < 1.29 is 13.2 Å². The Hall–Kier alpha value is -2.29. The van der Waals surface area contributed by atoms with Crippen molar-refractivity contribution in [3.05, 3.63) is 53.6 Å². The number of anilines is 1. The summed E-state index contributed by atoms with van der Waals surface area (Å²) in [6.07, 6.45) is 0. The van der Waals surface area contributed by atoms with Crippen LogP contribution >= 0.6 is 11.3 Å². The normalized spacial score (nSPS) is 11.6. The Morgan fingerprint density at radius 3 is 2.56 bits per heavy atom. The van der Waals surface area contributed by atoms with Crippen molar-refractivity contribution in [2.75, 3.05) is 11.9 Å². The first-order chi connectivity index (χ1) is 11.9. The molecule has 1 heterocycles. The highest BCUT2D eigenvalue weighted by atomic mass is 32.2. The van der Waals surface area contributed by atoms with E-state index >= 15 is 0 Å². The average Bonchev–Trinajstić information content (AvgIpc) is 2.96. The minimum absolute atomic E-state index is 0.126. The monoisotopic (exact) mass is 375 g/mol. The number of aromatic nitrogens is 1. The molecule has 3 aromatic rings. The molecule has 0 aliphatic carbocycles. The smallest absolute Gasteiger partial charge is 0.257 e. The highest BCUT2D eigenvalue weighted by Crippen LogP contribution is 2.27. The number of hydrogen-bond acceptors (Lipinski definition) is 5. The molecule has 0 saturated heterocycles. The van der Waals surface area contributed by atoms with Gasteiger partial charge < -0.3 is 0 Å². The summed E-state index contributed by atoms with van der Waals surface area (Å²) < 4.78 is 27.2. The SMILES string of the molecule is CCNS(=O)(=O)c1ccc(C(=O)Nc2nc3ccc(C)cc3s2)cc1. The number of hydrogen-bond donors (Lipinski definition) is 2. The third-order valence-electron chi connectivity index (χ3n) is 3.53. The van der Waals surface area contributed by atoms with E-state index in [9.17, 15) is 13.2 Å². The van der Waals surface area contributed by atoms with Crippen molar-refractivity contribution in [3.63, 3.8) is 0 Å². The van der Waals surface area contributed by atoms with Crippen LogP contribution < -0.4 is 10.0 Å². The van der Waals surface area contributed by atoms with Crippen LogP contribution in [0.15, 0.2) is 47.4 Å². The number of nitrogens with one attached hydrogen (secondary N) is 2. The second-order valence-electron chi connectivity index (χ2n) is 5.47. The van der Waals surface area contributed by atoms with Crippen LogP contribution in [0.3, 0.4) is 0 Å². The summed E-state index contributed by atoms with van der Waals surface area (Å²) in [6, 6.07) is 11.7. The maximum Gasteiger partial charge on any atom is 0.257 e. The third-order valence-corrected chi connectivity index (χ3v) is 6.02. The van der Waals surface area contributed by atoms with E-state index in [1.165, 1.54) is 35.6 Å². The molecule has 0 unspecified atom stereocenters. The van der Waals surface area contributed by atoms with Crippen LogP contribution in [0.2, 0.25) is 0 Å². The maximum absolute atomic E-state index is 12.3. The summed E-state index contributed by atoms with van der Waals surface area (Å²) in [5.41, 5.74) is 2.33. The van der Waals surface area contributed by atoms with Gasteiger partial charge in [-0.3, -0.25) is 10.1 Å². The molecule has 3 rings (SSSR count). The summed E-state index contributed by atoms with van der Waals surface area (Å²) in [4.78, 5) is 16.8. The summed E-state index contributed by atoms with van der Waals surface area (Å²) in [7, 11) is -3.53. The van der Waals surface area contributed by atoms with Gasteiger partial charge in [0, 0.05) is 12.1 Å². The second kappa shape index (κ2) is 6.91. The number of amides is 1. The lowest BCUT2D eigenvalue weighted by molar-refractivity contribution is 0.102. The Labute approximate surface area is 150 Å². The number of carbonyl (C=O) groups excluding carboxylic acids is 1. The fourth-order valence-electron chi connectivity index (χ4n) is 2.31. The predicted molar refractivity (Wildman–Crippen MR) is 99.6 cm³/mol. The van der Waals surface area contributed by atoms with E-state index in [0.29, 0.717) is 17.2 Å². The zero-order chi connectivity index (χ0) is 18.0. The highest BCUT2D eigenvalue weighted by Gasteiger charge is 2.14. The van der Waals surface area contributed by atoms with E-state index < -0.39 is 10.0 Å². The minimum atomic E-state index is -3.53. The Kier molecular flexibility index (Phi) is 4.85. The largest absolute Gasteiger partial charge is 0.298 e. The first-order valence-corrected chi connectivity index (χ1v) is 9.97. The van der Waals surface area contributed by atoms with Gasteiger partial charge in [0.1, 0.15) is 0 Å². The number of rotatable bonds is 5. The molecule has 25 heavy (non-hydrogen) atoms. The minimum Gasteiger partial charge on any atom is -0.298 e. The van der Waals surface area contributed by atoms with Gasteiger partial charge in [-0.1, -0.05) is 24.3 Å². The van der Waals surface area contributed by atoms with E-state index in [1.807, 2.05) is 25.1 Å². The van der Waals surface area contributed by atoms with Crippen molar-refractivity contribution in [2.45, 2.75) is 18.7 Å². The Morgan fingerprint density at radius 2 is 1.88 bits per heavy atom. The molecule has 0 atom stereocenters. The molecule has 0 fully saturated rings. The van der Waals surface area contributed by atoms with Crippen LogP contribution in [0.5, 0.6) is 0 Å². The topological polar surface area (TPSA) is 88.2 Å². The Bertz CT molecular complexity index is 1020. The van der Waals surface area contributed by atoms with Gasteiger partial charge in [-0.25, -0.2) is 18.1 Å². The maximum atomic E-state index is 12.3. The number of sulfonamides is 1. The molecular formula is C17H17N3O3S2. The molecule has 1 aromatic heterocycles. The van der Waals surface area contributed by atoms with E-state index in [0.717, 1.165) is 15.8 Å². The molecular weight excluding hydrogens is 358 g/mol. The van der Waals surface area contributed by atoms with Gasteiger partial charge in [0.25, 0.3) is 5.91 Å². The summed E-state index contributed by atoms with van der Waals surface area (Å²) in [6.45, 7) is 4.01. The number of nitrogens with zero attached hydrogens (tertiary/aromatic N) is 1. The van der Waals surface area contributed by atoms with Crippen molar-refractivity contribution in [2.24, 2.45) is 0 Å². The predicted octanol–water partition coefficient (Wildman–Crippen LogP) is 3.16. The summed E-state index contributed by atoms with van der Waals surface area (Å²) in [5, 5.41) is 3.26. The van der Waals surface area contributed by atoms with Crippen molar-refractivity contribution >= 4 is 42.6 Å². The molecule has 0 radical (unpaired) electrons. The molecule has 0 aliphatic heterocycles. The molecule has 130 valence electrons. The first kappa shape index (κ1) is 17.5. The van der Waals surface area contributed by atoms with E-state index in [4.69, 9.17) is 0 Å². The van der Waals surface area contributed by atoms with Crippen molar-refractivity contribution in [3.8, 4) is 0 Å². The van der Waals surface area contributed by atoms with Crippen molar-refractivity contribution in [1.82, 2.24) is 9.71 Å². The summed E-state index contributed by atoms with van der Waals surface area (Å²) in [5.74, 6) is -0.330. The van der Waals surface area contributed by atoms with E-state index in [2.05, 4.69) is 15.0 Å². The second-order valence-corrected chi connectivity index (χ2v) is 8.27. The number of fused-ring (bicyclic) bond motifs is 1. The Balaban J connectivity index is 1.78. The van der Waals surface area contributed by atoms with Crippen LogP contribution in [0.4, 0.5) is 5.13 Å². The molecule has 8 heteroatoms. The van der Waals surface area contributed by atoms with Crippen LogP contribution in [-0.2, 0) is 10.0 Å². The van der Waals surface area contributed by atoms with Gasteiger partial charge in [0.2, 0.25) is 10.0 Å². The van der Waals surface area contributed by atoms with Gasteiger partial charge in [0.05, 0.1) is 15.1 Å². The highest BCUT2D eigenvalue weighted by molar-refractivity contribution is 7.89. The molecule has 0 spiro atoms. The molecule has 0 saturated carbocycles. The zero-order valence-corrected chi connectivity index (χ0v) is 15.4. The number of benzene rings is 2. The lowest BCUT2D eigenvalue weighted by atomic mass is 10.2. The van der Waals surface area contributed by atoms with Gasteiger partial charge in [0.15, 0.2) is 5.13 Å². The fraction of sp³-hybridized carbons (Fsp3) is 0.176. The molecule has 2 aromatic carbocycles. The summed E-state index contributed by atoms with van der Waals surface area (Å²) >= 11 is 1.40. The first-order valence-electron chi connectivity index (χ1n) is 7.67. The van der Waals surface area contributed by atoms with Crippen LogP contribution in [0.25, 0.3) is 10.2 Å². The third kappa shape index (κ3) is 3.87. The van der Waals surface area contributed by atoms with Gasteiger partial charge in [-0.2, -0.15) is 0 Å². The fourth-order valence-corrected chi connectivity index (χ4v) is 4.31. The van der Waals surface area contributed by atoms with Crippen molar-refractivity contribution in [1.29, 1.82) is 0 Å². The molecule has 0 bridgehead atoms. The van der Waals surface area contributed by atoms with Crippen LogP contribution in [0.1, 0.15) is 22.8 Å². The Morgan fingerprint density at radius 1 is 1.16 bits per heavy atom. The molecule has 0 aliphatic rings. The van der Waals surface area contributed by atoms with E-state index in [-0.39, 0.29) is 10.8 Å². The molecule has 1 amide bonds. The lowest BCUT2D eigenvalue weighted by Gasteiger charge is -2.06. The quantitative estimate of drug-likeness (QED) is 0.717.